The zero-order chi connectivity index (χ0) is 13.9. The number of hydrogen-bond acceptors (Lipinski definition) is 2. The van der Waals surface area contributed by atoms with Crippen LogP contribution in [0.4, 0.5) is 18.9 Å². The molecule has 0 atom stereocenters. The Labute approximate surface area is 108 Å². The van der Waals surface area contributed by atoms with Gasteiger partial charge in [-0.15, -0.1) is 0 Å². The lowest BCUT2D eigenvalue weighted by molar-refractivity contribution is -0.137. The fraction of sp³-hybridized carbons (Fsp3) is 0.143. The molecule has 2 nitrogen and oxygen atoms in total. The second kappa shape index (κ2) is 5.22. The molecule has 0 aliphatic heterocycles. The molecule has 0 spiro atoms. The minimum Gasteiger partial charge on any atom is -0.489 e. The number of ether oxygens (including phenoxy) is 1. The van der Waals surface area contributed by atoms with Gasteiger partial charge in [0.05, 0.1) is 5.56 Å². The quantitative estimate of drug-likeness (QED) is 0.857. The van der Waals surface area contributed by atoms with E-state index in [1.807, 2.05) is 0 Å². The van der Waals surface area contributed by atoms with E-state index in [0.29, 0.717) is 17.0 Å². The Morgan fingerprint density at radius 2 is 1.68 bits per heavy atom. The van der Waals surface area contributed by atoms with Crippen molar-refractivity contribution in [3.63, 3.8) is 0 Å². The van der Waals surface area contributed by atoms with E-state index in [2.05, 4.69) is 0 Å². The molecule has 2 aromatic carbocycles. The van der Waals surface area contributed by atoms with Crippen LogP contribution in [0.25, 0.3) is 0 Å². The van der Waals surface area contributed by atoms with Gasteiger partial charge in [-0.3, -0.25) is 0 Å². The van der Waals surface area contributed by atoms with Gasteiger partial charge in [-0.2, -0.15) is 13.2 Å². The third-order valence-electron chi connectivity index (χ3n) is 2.54. The first-order chi connectivity index (χ1) is 8.95. The zero-order valence-electron chi connectivity index (χ0n) is 9.95. The summed E-state index contributed by atoms with van der Waals surface area (Å²) in [5, 5.41) is 0. The normalized spacial score (nSPS) is 11.3. The van der Waals surface area contributed by atoms with Gasteiger partial charge in [-0.1, -0.05) is 12.1 Å². The van der Waals surface area contributed by atoms with Crippen LogP contribution in [-0.2, 0) is 12.8 Å². The monoisotopic (exact) mass is 267 g/mol. The molecule has 0 aliphatic rings. The molecule has 100 valence electrons. The van der Waals surface area contributed by atoms with E-state index >= 15 is 0 Å². The largest absolute Gasteiger partial charge is 0.489 e. The summed E-state index contributed by atoms with van der Waals surface area (Å²) in [5.74, 6) is 0.562. The van der Waals surface area contributed by atoms with Crippen molar-refractivity contribution in [2.75, 3.05) is 5.73 Å². The topological polar surface area (TPSA) is 35.2 Å². The molecule has 0 aliphatic carbocycles. The first-order valence-corrected chi connectivity index (χ1v) is 5.59. The van der Waals surface area contributed by atoms with E-state index in [9.17, 15) is 13.2 Å². The summed E-state index contributed by atoms with van der Waals surface area (Å²) in [6.07, 6.45) is -4.34. The van der Waals surface area contributed by atoms with Crippen molar-refractivity contribution >= 4 is 5.69 Å². The molecule has 0 amide bonds. The van der Waals surface area contributed by atoms with Crippen LogP contribution in [0.3, 0.4) is 0 Å². The van der Waals surface area contributed by atoms with Gasteiger partial charge in [0.25, 0.3) is 0 Å². The molecule has 2 N–H and O–H groups in total. The van der Waals surface area contributed by atoms with Gasteiger partial charge in [0, 0.05) is 5.69 Å². The highest BCUT2D eigenvalue weighted by Crippen LogP contribution is 2.29. The van der Waals surface area contributed by atoms with E-state index in [-0.39, 0.29) is 6.61 Å². The van der Waals surface area contributed by atoms with E-state index in [1.54, 1.807) is 30.3 Å². The maximum Gasteiger partial charge on any atom is 0.416 e. The maximum atomic E-state index is 12.5. The number of halogens is 3. The summed E-state index contributed by atoms with van der Waals surface area (Å²) in [6, 6.07) is 11.7. The van der Waals surface area contributed by atoms with E-state index < -0.39 is 11.7 Å². The average Bonchev–Trinajstić information content (AvgIpc) is 2.37. The van der Waals surface area contributed by atoms with Crippen molar-refractivity contribution in [1.82, 2.24) is 0 Å². The van der Waals surface area contributed by atoms with Gasteiger partial charge in [-0.05, 0) is 42.0 Å². The SMILES string of the molecule is Nc1ccc(OCc2cccc(C(F)(F)F)c2)cc1. The molecular formula is C14H12F3NO. The smallest absolute Gasteiger partial charge is 0.416 e. The Hall–Kier alpha value is -2.17. The fourth-order valence-corrected chi connectivity index (χ4v) is 1.57. The maximum absolute atomic E-state index is 12.5. The average molecular weight is 267 g/mol. The molecule has 0 bridgehead atoms. The molecular weight excluding hydrogens is 255 g/mol. The van der Waals surface area contributed by atoms with Crippen LogP contribution in [0.2, 0.25) is 0 Å². The van der Waals surface area contributed by atoms with Crippen molar-refractivity contribution in [1.29, 1.82) is 0 Å². The third-order valence-corrected chi connectivity index (χ3v) is 2.54. The van der Waals surface area contributed by atoms with Gasteiger partial charge in [0.2, 0.25) is 0 Å². The fourth-order valence-electron chi connectivity index (χ4n) is 1.57. The number of nitrogens with two attached hydrogens (primary N) is 1. The first kappa shape index (κ1) is 13.3. The molecule has 0 aromatic heterocycles. The molecule has 2 aromatic rings. The number of nitrogen functional groups attached to an aromatic ring is 1. The summed E-state index contributed by atoms with van der Waals surface area (Å²) in [6.45, 7) is 0.0772. The lowest BCUT2D eigenvalue weighted by atomic mass is 10.1. The van der Waals surface area contributed by atoms with Crippen molar-refractivity contribution in [3.05, 3.63) is 59.7 Å². The second-order valence-electron chi connectivity index (χ2n) is 4.06. The van der Waals surface area contributed by atoms with Gasteiger partial charge in [0.15, 0.2) is 0 Å². The van der Waals surface area contributed by atoms with Crippen molar-refractivity contribution < 1.29 is 17.9 Å². The summed E-state index contributed by atoms with van der Waals surface area (Å²) >= 11 is 0. The van der Waals surface area contributed by atoms with Crippen LogP contribution in [-0.4, -0.2) is 0 Å². The molecule has 2 rings (SSSR count). The molecule has 0 radical (unpaired) electrons. The van der Waals surface area contributed by atoms with Gasteiger partial charge >= 0.3 is 6.18 Å². The van der Waals surface area contributed by atoms with Crippen LogP contribution < -0.4 is 10.5 Å². The molecule has 0 saturated carbocycles. The summed E-state index contributed by atoms with van der Waals surface area (Å²) in [7, 11) is 0. The molecule has 0 unspecified atom stereocenters. The summed E-state index contributed by atoms with van der Waals surface area (Å²) in [5.41, 5.74) is 5.91. The van der Waals surface area contributed by atoms with Gasteiger partial charge < -0.3 is 10.5 Å². The van der Waals surface area contributed by atoms with Crippen LogP contribution in [0.5, 0.6) is 5.75 Å². The summed E-state index contributed by atoms with van der Waals surface area (Å²) < 4.78 is 43.0. The van der Waals surface area contributed by atoms with Gasteiger partial charge in [-0.25, -0.2) is 0 Å². The minimum absolute atomic E-state index is 0.0772. The third kappa shape index (κ3) is 3.64. The van der Waals surface area contributed by atoms with E-state index in [4.69, 9.17) is 10.5 Å². The van der Waals surface area contributed by atoms with Crippen LogP contribution >= 0.6 is 0 Å². The predicted molar refractivity (Wildman–Crippen MR) is 66.6 cm³/mol. The summed E-state index contributed by atoms with van der Waals surface area (Å²) in [4.78, 5) is 0. The van der Waals surface area contributed by atoms with Crippen molar-refractivity contribution in [2.45, 2.75) is 12.8 Å². The Morgan fingerprint density at radius 3 is 2.32 bits per heavy atom. The number of anilines is 1. The number of benzene rings is 2. The van der Waals surface area contributed by atoms with Crippen LogP contribution in [0, 0.1) is 0 Å². The minimum atomic E-state index is -4.34. The molecule has 0 saturated heterocycles. The first-order valence-electron chi connectivity index (χ1n) is 5.59. The number of rotatable bonds is 3. The van der Waals surface area contributed by atoms with Crippen LogP contribution in [0.1, 0.15) is 11.1 Å². The number of alkyl halides is 3. The highest BCUT2D eigenvalue weighted by atomic mass is 19.4. The molecule has 0 fully saturated rings. The Kier molecular flexibility index (Phi) is 3.64. The second-order valence-corrected chi connectivity index (χ2v) is 4.06. The van der Waals surface area contributed by atoms with E-state index in [1.165, 1.54) is 6.07 Å². The van der Waals surface area contributed by atoms with E-state index in [0.717, 1.165) is 12.1 Å². The molecule has 5 heteroatoms. The Bertz CT molecular complexity index is 549. The number of hydrogen-bond donors (Lipinski definition) is 1. The molecule has 0 heterocycles. The highest BCUT2D eigenvalue weighted by Gasteiger charge is 2.30. The molecule has 19 heavy (non-hydrogen) atoms. The standard InChI is InChI=1S/C14H12F3NO/c15-14(16,17)11-3-1-2-10(8-11)9-19-13-6-4-12(18)5-7-13/h1-8H,9,18H2. The zero-order valence-corrected chi connectivity index (χ0v) is 9.95. The van der Waals surface area contributed by atoms with Crippen molar-refractivity contribution in [2.24, 2.45) is 0 Å². The van der Waals surface area contributed by atoms with Crippen molar-refractivity contribution in [3.8, 4) is 5.75 Å². The Morgan fingerprint density at radius 1 is 1.00 bits per heavy atom. The van der Waals surface area contributed by atoms with Crippen LogP contribution in [0.15, 0.2) is 48.5 Å². The predicted octanol–water partition coefficient (Wildman–Crippen LogP) is 3.87. The van der Waals surface area contributed by atoms with Gasteiger partial charge in [0.1, 0.15) is 12.4 Å². The lowest BCUT2D eigenvalue weighted by Crippen LogP contribution is -2.06. The Balaban J connectivity index is 2.05. The highest BCUT2D eigenvalue weighted by molar-refractivity contribution is 5.41. The lowest BCUT2D eigenvalue weighted by Gasteiger charge is -2.10.